The third kappa shape index (κ3) is 4.36. The molecule has 1 amide bonds. The highest BCUT2D eigenvalue weighted by Crippen LogP contribution is 2.39. The van der Waals surface area contributed by atoms with Crippen LogP contribution < -0.4 is 0 Å². The highest BCUT2D eigenvalue weighted by atomic mass is 35.5. The average Bonchev–Trinajstić information content (AvgIpc) is 3.19. The van der Waals surface area contributed by atoms with Gasteiger partial charge in [0.2, 0.25) is 5.91 Å². The van der Waals surface area contributed by atoms with Gasteiger partial charge in [-0.15, -0.1) is 0 Å². The van der Waals surface area contributed by atoms with Crippen LogP contribution >= 0.6 is 11.6 Å². The van der Waals surface area contributed by atoms with Gasteiger partial charge in [0.1, 0.15) is 0 Å². The Labute approximate surface area is 165 Å². The quantitative estimate of drug-likeness (QED) is 0.855. The fraction of sp³-hybridized carbons (Fsp3) is 0.524. The van der Waals surface area contributed by atoms with Crippen LogP contribution in [0.3, 0.4) is 0 Å². The Hall–Kier alpha value is -1.85. The van der Waals surface area contributed by atoms with Crippen LogP contribution in [0.4, 0.5) is 0 Å². The lowest BCUT2D eigenvalue weighted by Crippen LogP contribution is -2.54. The van der Waals surface area contributed by atoms with Crippen LogP contribution in [0.2, 0.25) is 5.02 Å². The number of imidazole rings is 1. The van der Waals surface area contributed by atoms with E-state index in [2.05, 4.69) is 31.9 Å². The summed E-state index contributed by atoms with van der Waals surface area (Å²) in [5.74, 6) is 0.295. The minimum Gasteiger partial charge on any atom is -0.348 e. The number of hydrogen-bond donors (Lipinski definition) is 1. The predicted octanol–water partition coefficient (Wildman–Crippen LogP) is 3.51. The van der Waals surface area contributed by atoms with Crippen molar-refractivity contribution in [1.82, 2.24) is 19.8 Å². The van der Waals surface area contributed by atoms with Crippen molar-refractivity contribution in [2.45, 2.75) is 38.6 Å². The molecule has 6 heteroatoms. The Morgan fingerprint density at radius 1 is 1.22 bits per heavy atom. The number of nitrogens with one attached hydrogen (secondary N) is 1. The first kappa shape index (κ1) is 18.5. The van der Waals surface area contributed by atoms with Crippen molar-refractivity contribution in [2.24, 2.45) is 5.41 Å². The van der Waals surface area contributed by atoms with Gasteiger partial charge >= 0.3 is 0 Å². The van der Waals surface area contributed by atoms with E-state index in [0.29, 0.717) is 12.3 Å². The summed E-state index contributed by atoms with van der Waals surface area (Å²) in [7, 11) is 0. The first-order valence-corrected chi connectivity index (χ1v) is 10.2. The zero-order chi connectivity index (χ0) is 18.7. The van der Waals surface area contributed by atoms with Gasteiger partial charge in [-0.2, -0.15) is 0 Å². The van der Waals surface area contributed by atoms with E-state index in [1.165, 1.54) is 18.4 Å². The molecule has 2 saturated heterocycles. The van der Waals surface area contributed by atoms with Crippen LogP contribution in [-0.2, 0) is 17.8 Å². The summed E-state index contributed by atoms with van der Waals surface area (Å²) in [4.78, 5) is 24.3. The number of nitrogens with zero attached hydrogens (tertiary/aromatic N) is 3. The monoisotopic (exact) mass is 386 g/mol. The van der Waals surface area contributed by atoms with Crippen molar-refractivity contribution in [3.05, 3.63) is 53.1 Å². The second-order valence-electron chi connectivity index (χ2n) is 8.05. The van der Waals surface area contributed by atoms with Gasteiger partial charge < -0.3 is 9.88 Å². The molecule has 2 fully saturated rings. The minimum atomic E-state index is 0.224. The van der Waals surface area contributed by atoms with Crippen LogP contribution in [-0.4, -0.2) is 51.9 Å². The number of hydrogen-bond acceptors (Lipinski definition) is 3. The highest BCUT2D eigenvalue weighted by molar-refractivity contribution is 6.31. The molecule has 0 saturated carbocycles. The summed E-state index contributed by atoms with van der Waals surface area (Å²) >= 11 is 6.37. The summed E-state index contributed by atoms with van der Waals surface area (Å²) in [5.41, 5.74) is 2.51. The Kier molecular flexibility index (Phi) is 5.50. The van der Waals surface area contributed by atoms with E-state index >= 15 is 0 Å². The molecule has 1 aromatic heterocycles. The molecule has 4 rings (SSSR count). The number of amides is 1. The Morgan fingerprint density at radius 2 is 2.11 bits per heavy atom. The molecule has 5 nitrogen and oxygen atoms in total. The molecule has 0 bridgehead atoms. The second kappa shape index (κ2) is 8.03. The average molecular weight is 387 g/mol. The van der Waals surface area contributed by atoms with E-state index in [9.17, 15) is 4.79 Å². The topological polar surface area (TPSA) is 52.2 Å². The molecule has 27 heavy (non-hydrogen) atoms. The zero-order valence-electron chi connectivity index (χ0n) is 15.7. The number of aromatic amines is 1. The molecule has 1 aromatic carbocycles. The number of benzene rings is 1. The van der Waals surface area contributed by atoms with Crippen LogP contribution in [0.25, 0.3) is 0 Å². The van der Waals surface area contributed by atoms with Crippen molar-refractivity contribution in [1.29, 1.82) is 0 Å². The number of halogens is 1. The predicted molar refractivity (Wildman–Crippen MR) is 107 cm³/mol. The minimum absolute atomic E-state index is 0.224. The molecule has 0 unspecified atom stereocenters. The van der Waals surface area contributed by atoms with Gasteiger partial charge in [-0.05, 0) is 37.4 Å². The van der Waals surface area contributed by atoms with E-state index in [1.54, 1.807) is 6.33 Å². The number of piperidine rings is 2. The molecular weight excluding hydrogens is 360 g/mol. The maximum Gasteiger partial charge on any atom is 0.222 e. The summed E-state index contributed by atoms with van der Waals surface area (Å²) < 4.78 is 0. The molecular formula is C21H27ClN4O. The SMILES string of the molecule is O=C1CC[C@@]2(CCCN(Cc3ccccc3Cl)C2)CN1CCc1cnc[nH]1. The van der Waals surface area contributed by atoms with Crippen LogP contribution in [0, 0.1) is 5.41 Å². The molecule has 2 aliphatic heterocycles. The van der Waals surface area contributed by atoms with Gasteiger partial charge in [-0.1, -0.05) is 29.8 Å². The van der Waals surface area contributed by atoms with Gasteiger partial charge in [-0.25, -0.2) is 4.98 Å². The smallest absolute Gasteiger partial charge is 0.222 e. The maximum absolute atomic E-state index is 12.5. The van der Waals surface area contributed by atoms with Crippen molar-refractivity contribution in [2.75, 3.05) is 26.2 Å². The van der Waals surface area contributed by atoms with Gasteiger partial charge in [0.15, 0.2) is 0 Å². The number of likely N-dealkylation sites (tertiary alicyclic amines) is 2. The molecule has 2 aromatic rings. The van der Waals surface area contributed by atoms with Crippen LogP contribution in [0.1, 0.15) is 36.9 Å². The normalized spacial score (nSPS) is 23.9. The third-order valence-electron chi connectivity index (χ3n) is 6.05. The number of aromatic nitrogens is 2. The first-order chi connectivity index (χ1) is 13.1. The lowest BCUT2D eigenvalue weighted by molar-refractivity contribution is -0.139. The van der Waals surface area contributed by atoms with Gasteiger partial charge in [0.25, 0.3) is 0 Å². The fourth-order valence-electron chi connectivity index (χ4n) is 4.63. The van der Waals surface area contributed by atoms with Gasteiger partial charge in [-0.3, -0.25) is 9.69 Å². The van der Waals surface area contributed by atoms with Crippen LogP contribution in [0.15, 0.2) is 36.8 Å². The van der Waals surface area contributed by atoms with Crippen molar-refractivity contribution >= 4 is 17.5 Å². The second-order valence-corrected chi connectivity index (χ2v) is 8.45. The first-order valence-electron chi connectivity index (χ1n) is 9.84. The van der Waals surface area contributed by atoms with Gasteiger partial charge in [0, 0.05) is 61.3 Å². The summed E-state index contributed by atoms with van der Waals surface area (Å²) in [6.45, 7) is 4.69. The standard InChI is InChI=1S/C21H27ClN4O/c22-19-5-2-1-4-17(19)13-25-10-3-8-21(14-25)9-6-20(27)26(15-21)11-7-18-12-23-16-24-18/h1-2,4-5,12,16H,3,6-11,13-15H2,(H,23,24)/t21-/m1/s1. The zero-order valence-corrected chi connectivity index (χ0v) is 16.4. The molecule has 0 aliphatic carbocycles. The number of carbonyl (C=O) groups excluding carboxylic acids is 1. The molecule has 1 N–H and O–H groups in total. The van der Waals surface area contributed by atoms with Crippen molar-refractivity contribution in [3.8, 4) is 0 Å². The summed E-state index contributed by atoms with van der Waals surface area (Å²) in [6.07, 6.45) is 8.45. The van der Waals surface area contributed by atoms with E-state index in [-0.39, 0.29) is 5.41 Å². The van der Waals surface area contributed by atoms with Crippen LogP contribution in [0.5, 0.6) is 0 Å². The van der Waals surface area contributed by atoms with E-state index in [0.717, 1.165) is 56.3 Å². The van der Waals surface area contributed by atoms with E-state index in [4.69, 9.17) is 11.6 Å². The highest BCUT2D eigenvalue weighted by Gasteiger charge is 2.41. The Balaban J connectivity index is 1.40. The Bertz CT molecular complexity index is 778. The lowest BCUT2D eigenvalue weighted by Gasteiger charge is -2.48. The molecule has 1 atom stereocenters. The molecule has 0 radical (unpaired) electrons. The molecule has 144 valence electrons. The van der Waals surface area contributed by atoms with E-state index in [1.807, 2.05) is 18.3 Å². The largest absolute Gasteiger partial charge is 0.348 e. The molecule has 1 spiro atoms. The summed E-state index contributed by atoms with van der Waals surface area (Å²) in [6, 6.07) is 8.11. The maximum atomic E-state index is 12.5. The lowest BCUT2D eigenvalue weighted by atomic mass is 9.73. The number of rotatable bonds is 5. The summed E-state index contributed by atoms with van der Waals surface area (Å²) in [5, 5.41) is 0.845. The molecule has 3 heterocycles. The van der Waals surface area contributed by atoms with Crippen molar-refractivity contribution in [3.63, 3.8) is 0 Å². The van der Waals surface area contributed by atoms with Gasteiger partial charge in [0.05, 0.1) is 6.33 Å². The third-order valence-corrected chi connectivity index (χ3v) is 6.42. The molecule has 2 aliphatic rings. The Morgan fingerprint density at radius 3 is 2.93 bits per heavy atom. The van der Waals surface area contributed by atoms with Crippen molar-refractivity contribution < 1.29 is 4.79 Å². The number of H-pyrrole nitrogens is 1. The number of carbonyl (C=O) groups is 1. The fourth-order valence-corrected chi connectivity index (χ4v) is 4.82. The van der Waals surface area contributed by atoms with E-state index < -0.39 is 0 Å².